The van der Waals surface area contributed by atoms with Crippen molar-refractivity contribution in [2.45, 2.75) is 26.2 Å². The molecular formula is C12H23N3O2. The fourth-order valence-electron chi connectivity index (χ4n) is 2.12. The van der Waals surface area contributed by atoms with Crippen LogP contribution in [-0.2, 0) is 9.59 Å². The van der Waals surface area contributed by atoms with Gasteiger partial charge in [0.25, 0.3) is 0 Å². The number of amides is 2. The highest BCUT2D eigenvalue weighted by Gasteiger charge is 2.26. The molecule has 1 rings (SSSR count). The van der Waals surface area contributed by atoms with Gasteiger partial charge in [-0.15, -0.1) is 0 Å². The highest BCUT2D eigenvalue weighted by Crippen LogP contribution is 2.15. The lowest BCUT2D eigenvalue weighted by atomic mass is 9.96. The Hall–Kier alpha value is -1.10. The summed E-state index contributed by atoms with van der Waals surface area (Å²) in [6.07, 6.45) is 2.65. The van der Waals surface area contributed by atoms with Gasteiger partial charge < -0.3 is 15.5 Å². The van der Waals surface area contributed by atoms with Gasteiger partial charge in [0.05, 0.1) is 6.54 Å². The quantitative estimate of drug-likeness (QED) is 0.710. The molecule has 1 aliphatic rings. The third-order valence-electron chi connectivity index (χ3n) is 3.11. The molecule has 0 aromatic heterocycles. The van der Waals surface area contributed by atoms with Crippen LogP contribution in [0.3, 0.4) is 0 Å². The van der Waals surface area contributed by atoms with Crippen LogP contribution in [0.2, 0.25) is 0 Å². The average Bonchev–Trinajstić information content (AvgIpc) is 2.38. The number of nitrogens with zero attached hydrogens (tertiary/aromatic N) is 1. The molecule has 0 aromatic rings. The van der Waals surface area contributed by atoms with Crippen molar-refractivity contribution in [3.05, 3.63) is 0 Å². The van der Waals surface area contributed by atoms with Gasteiger partial charge in [-0.1, -0.05) is 6.92 Å². The summed E-state index contributed by atoms with van der Waals surface area (Å²) in [5.74, 6) is 0.130. The van der Waals surface area contributed by atoms with Crippen molar-refractivity contribution in [2.75, 3.05) is 33.2 Å². The molecule has 0 saturated carbocycles. The third-order valence-corrected chi connectivity index (χ3v) is 3.11. The van der Waals surface area contributed by atoms with Crippen molar-refractivity contribution < 1.29 is 9.59 Å². The highest BCUT2D eigenvalue weighted by molar-refractivity contribution is 5.85. The summed E-state index contributed by atoms with van der Waals surface area (Å²) in [5, 5.41) is 5.81. The van der Waals surface area contributed by atoms with Gasteiger partial charge in [0, 0.05) is 19.5 Å². The van der Waals surface area contributed by atoms with Crippen molar-refractivity contribution in [1.82, 2.24) is 15.5 Å². The van der Waals surface area contributed by atoms with Crippen molar-refractivity contribution in [1.29, 1.82) is 0 Å². The van der Waals surface area contributed by atoms with E-state index in [-0.39, 0.29) is 24.3 Å². The van der Waals surface area contributed by atoms with E-state index in [4.69, 9.17) is 0 Å². The van der Waals surface area contributed by atoms with Crippen LogP contribution >= 0.6 is 0 Å². The molecule has 1 saturated heterocycles. The van der Waals surface area contributed by atoms with E-state index in [1.165, 1.54) is 0 Å². The molecule has 0 aromatic carbocycles. The van der Waals surface area contributed by atoms with Crippen molar-refractivity contribution in [3.63, 3.8) is 0 Å². The van der Waals surface area contributed by atoms with Crippen molar-refractivity contribution >= 4 is 11.8 Å². The molecule has 1 aliphatic heterocycles. The van der Waals surface area contributed by atoms with Gasteiger partial charge >= 0.3 is 0 Å². The Balaban J connectivity index is 2.55. The average molecular weight is 241 g/mol. The van der Waals surface area contributed by atoms with Crippen molar-refractivity contribution in [2.24, 2.45) is 5.92 Å². The Labute approximate surface area is 103 Å². The molecule has 1 heterocycles. The van der Waals surface area contributed by atoms with Crippen LogP contribution in [0.1, 0.15) is 26.2 Å². The molecule has 0 bridgehead atoms. The summed E-state index contributed by atoms with van der Waals surface area (Å²) in [7, 11) is 1.60. The Morgan fingerprint density at radius 3 is 2.53 bits per heavy atom. The van der Waals surface area contributed by atoms with Gasteiger partial charge in [-0.3, -0.25) is 9.59 Å². The van der Waals surface area contributed by atoms with E-state index >= 15 is 0 Å². The summed E-state index contributed by atoms with van der Waals surface area (Å²) < 4.78 is 0. The lowest BCUT2D eigenvalue weighted by Crippen LogP contribution is -2.45. The van der Waals surface area contributed by atoms with E-state index < -0.39 is 0 Å². The smallest absolute Gasteiger partial charge is 0.239 e. The molecular weight excluding hydrogens is 218 g/mol. The highest BCUT2D eigenvalue weighted by atomic mass is 16.2. The first-order valence-corrected chi connectivity index (χ1v) is 6.39. The molecule has 98 valence electrons. The molecule has 17 heavy (non-hydrogen) atoms. The second-order valence-corrected chi connectivity index (χ2v) is 4.46. The van der Waals surface area contributed by atoms with Gasteiger partial charge in [-0.25, -0.2) is 0 Å². The monoisotopic (exact) mass is 241 g/mol. The van der Waals surface area contributed by atoms with Crippen LogP contribution in [0.4, 0.5) is 0 Å². The second-order valence-electron chi connectivity index (χ2n) is 4.46. The number of piperidine rings is 1. The summed E-state index contributed by atoms with van der Waals surface area (Å²) >= 11 is 0. The molecule has 0 atom stereocenters. The number of carbonyl (C=O) groups is 2. The molecule has 5 heteroatoms. The summed E-state index contributed by atoms with van der Waals surface area (Å²) in [6, 6.07) is 0. The predicted molar refractivity (Wildman–Crippen MR) is 66.5 cm³/mol. The third kappa shape index (κ3) is 4.34. The van der Waals surface area contributed by atoms with Crippen LogP contribution in [0.25, 0.3) is 0 Å². The first-order chi connectivity index (χ1) is 8.19. The normalized spacial score (nSPS) is 16.6. The number of likely N-dealkylation sites (N-methyl/N-ethyl adjacent to an activating group) is 1. The number of hydrogen-bond acceptors (Lipinski definition) is 3. The first kappa shape index (κ1) is 14.0. The number of hydrogen-bond donors (Lipinski definition) is 2. The van der Waals surface area contributed by atoms with Gasteiger partial charge in [-0.2, -0.15) is 0 Å². The zero-order valence-corrected chi connectivity index (χ0v) is 10.8. The Morgan fingerprint density at radius 2 is 2.00 bits per heavy atom. The Kier molecular flexibility index (Phi) is 5.97. The summed E-state index contributed by atoms with van der Waals surface area (Å²) in [4.78, 5) is 25.3. The second kappa shape index (κ2) is 7.27. The van der Waals surface area contributed by atoms with Crippen LogP contribution in [0.15, 0.2) is 0 Å². The fourth-order valence-corrected chi connectivity index (χ4v) is 2.12. The molecule has 0 radical (unpaired) electrons. The summed E-state index contributed by atoms with van der Waals surface area (Å²) in [6.45, 7) is 4.67. The van der Waals surface area contributed by atoms with E-state index in [9.17, 15) is 9.59 Å². The van der Waals surface area contributed by atoms with Gasteiger partial charge in [0.15, 0.2) is 0 Å². The minimum absolute atomic E-state index is 0.0902. The zero-order chi connectivity index (χ0) is 12.7. The lowest BCUT2D eigenvalue weighted by Gasteiger charge is -2.29. The molecule has 1 fully saturated rings. The maximum atomic E-state index is 12.3. The standard InChI is InChI=1S/C12H23N3O2/c1-3-8-15(9-11(16)13-2)12(17)10-4-6-14-7-5-10/h10,14H,3-9H2,1-2H3,(H,13,16). The molecule has 2 amide bonds. The van der Waals surface area contributed by atoms with Gasteiger partial charge in [-0.05, 0) is 32.4 Å². The number of carbonyl (C=O) groups excluding carboxylic acids is 2. The molecule has 0 aliphatic carbocycles. The molecule has 2 N–H and O–H groups in total. The topological polar surface area (TPSA) is 61.4 Å². The van der Waals surface area contributed by atoms with Crippen LogP contribution in [-0.4, -0.2) is 49.9 Å². The summed E-state index contributed by atoms with van der Waals surface area (Å²) in [5.41, 5.74) is 0. The minimum Gasteiger partial charge on any atom is -0.358 e. The maximum Gasteiger partial charge on any atom is 0.239 e. The molecule has 0 unspecified atom stereocenters. The number of rotatable bonds is 5. The predicted octanol–water partition coefficient (Wildman–Crippen LogP) is -0.0294. The lowest BCUT2D eigenvalue weighted by molar-refractivity contribution is -0.140. The van der Waals surface area contributed by atoms with E-state index in [1.807, 2.05) is 6.92 Å². The largest absolute Gasteiger partial charge is 0.358 e. The maximum absolute atomic E-state index is 12.3. The van der Waals surface area contributed by atoms with Crippen LogP contribution < -0.4 is 10.6 Å². The van der Waals surface area contributed by atoms with E-state index in [2.05, 4.69) is 10.6 Å². The van der Waals surface area contributed by atoms with E-state index in [1.54, 1.807) is 11.9 Å². The van der Waals surface area contributed by atoms with Crippen molar-refractivity contribution in [3.8, 4) is 0 Å². The molecule has 5 nitrogen and oxygen atoms in total. The van der Waals surface area contributed by atoms with Gasteiger partial charge in [0.2, 0.25) is 11.8 Å². The van der Waals surface area contributed by atoms with E-state index in [0.29, 0.717) is 6.54 Å². The Morgan fingerprint density at radius 1 is 1.35 bits per heavy atom. The fraction of sp³-hybridized carbons (Fsp3) is 0.833. The minimum atomic E-state index is -0.0965. The first-order valence-electron chi connectivity index (χ1n) is 6.39. The SMILES string of the molecule is CCCN(CC(=O)NC)C(=O)C1CCNCC1. The van der Waals surface area contributed by atoms with Crippen LogP contribution in [0, 0.1) is 5.92 Å². The number of nitrogens with one attached hydrogen (secondary N) is 2. The molecule has 0 spiro atoms. The Bertz CT molecular complexity index is 262. The zero-order valence-electron chi connectivity index (χ0n) is 10.8. The van der Waals surface area contributed by atoms with Gasteiger partial charge in [0.1, 0.15) is 0 Å². The van der Waals surface area contributed by atoms with E-state index in [0.717, 1.165) is 32.4 Å². The van der Waals surface area contributed by atoms with Crippen LogP contribution in [0.5, 0.6) is 0 Å².